The number of phenolic OH excluding ortho intramolecular Hbond substituents is 1. The quantitative estimate of drug-likeness (QED) is 0.668. The van der Waals surface area contributed by atoms with Crippen molar-refractivity contribution in [3.05, 3.63) is 64.6 Å². The van der Waals surface area contributed by atoms with Gasteiger partial charge in [-0.25, -0.2) is 0 Å². The molecule has 4 heteroatoms. The third kappa shape index (κ3) is 3.96. The van der Waals surface area contributed by atoms with Gasteiger partial charge in [-0.15, -0.1) is 0 Å². The Hall–Kier alpha value is -2.07. The van der Waals surface area contributed by atoms with E-state index in [4.69, 9.17) is 0 Å². The number of phenols is 1. The van der Waals surface area contributed by atoms with Gasteiger partial charge in [-0.1, -0.05) is 30.3 Å². The van der Waals surface area contributed by atoms with Crippen molar-refractivity contribution in [2.24, 2.45) is 0 Å². The van der Waals surface area contributed by atoms with Gasteiger partial charge in [0.15, 0.2) is 0 Å². The molecule has 0 heterocycles. The Balaban J connectivity index is 2.01. The van der Waals surface area contributed by atoms with Gasteiger partial charge in [0.1, 0.15) is 5.75 Å². The summed E-state index contributed by atoms with van der Waals surface area (Å²) in [6.07, 6.45) is 3.21. The van der Waals surface area contributed by atoms with Gasteiger partial charge in [-0.05, 0) is 45.8 Å². The van der Waals surface area contributed by atoms with E-state index in [0.717, 1.165) is 5.56 Å². The van der Waals surface area contributed by atoms with E-state index >= 15 is 0 Å². The van der Waals surface area contributed by atoms with Crippen LogP contribution >= 0.6 is 15.9 Å². The fraction of sp³-hybridized carbons (Fsp3) is 0. The van der Waals surface area contributed by atoms with Gasteiger partial charge in [0.05, 0.1) is 4.47 Å². The summed E-state index contributed by atoms with van der Waals surface area (Å²) in [6, 6.07) is 14.4. The lowest BCUT2D eigenvalue weighted by atomic mass is 10.2. The first kappa shape index (κ1) is 13.4. The summed E-state index contributed by atoms with van der Waals surface area (Å²) >= 11 is 3.19. The number of anilines is 1. The molecule has 0 aliphatic carbocycles. The molecule has 0 aromatic heterocycles. The summed E-state index contributed by atoms with van der Waals surface area (Å²) in [5.74, 6) is -0.0840. The molecule has 0 radical (unpaired) electrons. The Labute approximate surface area is 119 Å². The third-order valence-corrected chi connectivity index (χ3v) is 3.08. The molecule has 2 aromatic rings. The highest BCUT2D eigenvalue weighted by molar-refractivity contribution is 9.10. The van der Waals surface area contributed by atoms with Crippen LogP contribution in [0.2, 0.25) is 0 Å². The molecule has 1 amide bonds. The summed E-state index contributed by atoms with van der Waals surface area (Å²) in [5, 5.41) is 12.1. The highest BCUT2D eigenvalue weighted by Gasteiger charge is 2.01. The lowest BCUT2D eigenvalue weighted by Gasteiger charge is -2.03. The van der Waals surface area contributed by atoms with Gasteiger partial charge in [0.25, 0.3) is 0 Å². The number of hydrogen-bond donors (Lipinski definition) is 2. The number of rotatable bonds is 3. The van der Waals surface area contributed by atoms with E-state index in [1.165, 1.54) is 12.1 Å². The zero-order chi connectivity index (χ0) is 13.7. The molecule has 2 rings (SSSR count). The lowest BCUT2D eigenvalue weighted by molar-refractivity contribution is -0.111. The van der Waals surface area contributed by atoms with Gasteiger partial charge in [-0.3, -0.25) is 4.79 Å². The molecule has 3 nitrogen and oxygen atoms in total. The number of aromatic hydroxyl groups is 1. The van der Waals surface area contributed by atoms with E-state index in [-0.39, 0.29) is 11.7 Å². The molecule has 0 unspecified atom stereocenters. The van der Waals surface area contributed by atoms with Crippen molar-refractivity contribution in [2.75, 3.05) is 5.32 Å². The average Bonchev–Trinajstić information content (AvgIpc) is 2.42. The number of amides is 1. The average molecular weight is 318 g/mol. The Morgan fingerprint density at radius 3 is 2.58 bits per heavy atom. The topological polar surface area (TPSA) is 49.3 Å². The van der Waals surface area contributed by atoms with Crippen molar-refractivity contribution < 1.29 is 9.90 Å². The fourth-order valence-corrected chi connectivity index (χ4v) is 1.88. The Kier molecular flexibility index (Phi) is 4.36. The first-order valence-electron chi connectivity index (χ1n) is 5.68. The van der Waals surface area contributed by atoms with Crippen LogP contribution in [0.15, 0.2) is 59.1 Å². The number of carbonyl (C=O) groups is 1. The van der Waals surface area contributed by atoms with Gasteiger partial charge in [-0.2, -0.15) is 0 Å². The van der Waals surface area contributed by atoms with Crippen LogP contribution in [0.1, 0.15) is 5.56 Å². The number of halogens is 1. The van der Waals surface area contributed by atoms with Crippen LogP contribution in [-0.2, 0) is 4.79 Å². The van der Waals surface area contributed by atoms with Gasteiger partial charge >= 0.3 is 0 Å². The maximum atomic E-state index is 11.7. The summed E-state index contributed by atoms with van der Waals surface area (Å²) < 4.78 is 0.539. The smallest absolute Gasteiger partial charge is 0.248 e. The first-order valence-corrected chi connectivity index (χ1v) is 6.47. The van der Waals surface area contributed by atoms with Gasteiger partial charge < -0.3 is 10.4 Å². The van der Waals surface area contributed by atoms with Crippen molar-refractivity contribution in [2.45, 2.75) is 0 Å². The number of carbonyl (C=O) groups excluding carboxylic acids is 1. The van der Waals surface area contributed by atoms with Gasteiger partial charge in [0, 0.05) is 11.8 Å². The van der Waals surface area contributed by atoms with Crippen molar-refractivity contribution in [3.63, 3.8) is 0 Å². The molecule has 0 aliphatic rings. The summed E-state index contributed by atoms with van der Waals surface area (Å²) in [7, 11) is 0. The summed E-state index contributed by atoms with van der Waals surface area (Å²) in [6.45, 7) is 0. The molecule has 2 N–H and O–H groups in total. The van der Waals surface area contributed by atoms with Crippen LogP contribution < -0.4 is 5.32 Å². The van der Waals surface area contributed by atoms with Crippen molar-refractivity contribution in [1.29, 1.82) is 0 Å². The monoisotopic (exact) mass is 317 g/mol. The van der Waals surface area contributed by atoms with Crippen LogP contribution in [0, 0.1) is 0 Å². The molecule has 0 atom stereocenters. The van der Waals surface area contributed by atoms with Crippen LogP contribution in [-0.4, -0.2) is 11.0 Å². The number of nitrogens with one attached hydrogen (secondary N) is 1. The molecule has 0 bridgehead atoms. The molecule has 0 spiro atoms. The Morgan fingerprint density at radius 2 is 1.89 bits per heavy atom. The van der Waals surface area contributed by atoms with Crippen LogP contribution in [0.25, 0.3) is 6.08 Å². The van der Waals surface area contributed by atoms with E-state index in [1.54, 1.807) is 18.2 Å². The molecule has 2 aromatic carbocycles. The Bertz CT molecular complexity index is 609. The minimum absolute atomic E-state index is 0.137. The molecule has 0 saturated heterocycles. The van der Waals surface area contributed by atoms with Crippen LogP contribution in [0.4, 0.5) is 5.69 Å². The van der Waals surface area contributed by atoms with Crippen molar-refractivity contribution >= 4 is 33.6 Å². The molecule has 0 aliphatic heterocycles. The summed E-state index contributed by atoms with van der Waals surface area (Å²) in [5.41, 5.74) is 1.58. The van der Waals surface area contributed by atoms with E-state index in [1.807, 2.05) is 30.3 Å². The van der Waals surface area contributed by atoms with E-state index in [2.05, 4.69) is 21.2 Å². The maximum absolute atomic E-state index is 11.7. The SMILES string of the molecule is O=C(/C=C/c1ccccc1)Nc1ccc(O)c(Br)c1. The molecule has 19 heavy (non-hydrogen) atoms. The second kappa shape index (κ2) is 6.20. The highest BCUT2D eigenvalue weighted by Crippen LogP contribution is 2.26. The molecular formula is C15H12BrNO2. The van der Waals surface area contributed by atoms with Crippen molar-refractivity contribution in [1.82, 2.24) is 0 Å². The molecule has 0 saturated carbocycles. The van der Waals surface area contributed by atoms with E-state index in [9.17, 15) is 9.90 Å². The van der Waals surface area contributed by atoms with Crippen LogP contribution in [0.3, 0.4) is 0 Å². The Morgan fingerprint density at radius 1 is 1.16 bits per heavy atom. The van der Waals surface area contributed by atoms with Crippen LogP contribution in [0.5, 0.6) is 5.75 Å². The maximum Gasteiger partial charge on any atom is 0.248 e. The lowest BCUT2D eigenvalue weighted by Crippen LogP contribution is -2.07. The normalized spacial score (nSPS) is 10.6. The predicted octanol–water partition coefficient (Wildman–Crippen LogP) is 3.81. The minimum Gasteiger partial charge on any atom is -0.507 e. The summed E-state index contributed by atoms with van der Waals surface area (Å²) in [4.78, 5) is 11.7. The largest absolute Gasteiger partial charge is 0.507 e. The van der Waals surface area contributed by atoms with E-state index in [0.29, 0.717) is 10.2 Å². The standard InChI is InChI=1S/C15H12BrNO2/c16-13-10-12(7-8-14(13)18)17-15(19)9-6-11-4-2-1-3-5-11/h1-10,18H,(H,17,19)/b9-6+. The molecular weight excluding hydrogens is 306 g/mol. The zero-order valence-electron chi connectivity index (χ0n) is 10.0. The number of benzene rings is 2. The second-order valence-corrected chi connectivity index (χ2v) is 4.75. The fourth-order valence-electron chi connectivity index (χ4n) is 1.50. The van der Waals surface area contributed by atoms with E-state index < -0.39 is 0 Å². The minimum atomic E-state index is -0.221. The first-order chi connectivity index (χ1) is 9.15. The molecule has 96 valence electrons. The number of hydrogen-bond acceptors (Lipinski definition) is 2. The second-order valence-electron chi connectivity index (χ2n) is 3.90. The van der Waals surface area contributed by atoms with Crippen molar-refractivity contribution in [3.8, 4) is 5.75 Å². The highest BCUT2D eigenvalue weighted by atomic mass is 79.9. The predicted molar refractivity (Wildman–Crippen MR) is 79.9 cm³/mol. The zero-order valence-corrected chi connectivity index (χ0v) is 11.6. The third-order valence-electron chi connectivity index (χ3n) is 2.44. The molecule has 0 fully saturated rings. The van der Waals surface area contributed by atoms with Gasteiger partial charge in [0.2, 0.25) is 5.91 Å².